The standard InChI is InChI=1S/C12H20N4O2/c1-5-6-8-10(16(17)18)11(15(4)14-8)13-9-7-12(9,2)3/h9,13H,5-7H2,1-4H3. The van der Waals surface area contributed by atoms with Crippen LogP contribution in [0.2, 0.25) is 0 Å². The van der Waals surface area contributed by atoms with Crippen LogP contribution in [0.5, 0.6) is 0 Å². The molecule has 1 fully saturated rings. The number of hydrogen-bond acceptors (Lipinski definition) is 4. The summed E-state index contributed by atoms with van der Waals surface area (Å²) in [6, 6.07) is 0.307. The molecule has 1 saturated carbocycles. The van der Waals surface area contributed by atoms with Gasteiger partial charge in [0.15, 0.2) is 0 Å². The number of anilines is 1. The van der Waals surface area contributed by atoms with Crippen LogP contribution < -0.4 is 5.32 Å². The fraction of sp³-hybridized carbons (Fsp3) is 0.750. The molecule has 6 heteroatoms. The Kier molecular flexibility index (Phi) is 3.04. The van der Waals surface area contributed by atoms with Crippen molar-refractivity contribution in [2.75, 3.05) is 5.32 Å². The zero-order valence-corrected chi connectivity index (χ0v) is 11.4. The lowest BCUT2D eigenvalue weighted by Gasteiger charge is -2.07. The summed E-state index contributed by atoms with van der Waals surface area (Å²) >= 11 is 0. The molecule has 1 N–H and O–H groups in total. The van der Waals surface area contributed by atoms with Crippen LogP contribution >= 0.6 is 0 Å². The van der Waals surface area contributed by atoms with E-state index in [1.807, 2.05) is 6.92 Å². The van der Waals surface area contributed by atoms with Gasteiger partial charge in [-0.1, -0.05) is 27.2 Å². The van der Waals surface area contributed by atoms with Gasteiger partial charge in [0.2, 0.25) is 5.82 Å². The van der Waals surface area contributed by atoms with Crippen LogP contribution in [0, 0.1) is 15.5 Å². The molecular formula is C12H20N4O2. The molecule has 1 aliphatic carbocycles. The van der Waals surface area contributed by atoms with Gasteiger partial charge in [-0.25, -0.2) is 4.68 Å². The molecule has 1 atom stereocenters. The van der Waals surface area contributed by atoms with E-state index in [-0.39, 0.29) is 16.0 Å². The average Bonchev–Trinajstić information content (AvgIpc) is 2.71. The predicted molar refractivity (Wildman–Crippen MR) is 69.7 cm³/mol. The summed E-state index contributed by atoms with van der Waals surface area (Å²) in [5.41, 5.74) is 0.941. The van der Waals surface area contributed by atoms with E-state index in [1.54, 1.807) is 11.7 Å². The number of nitro groups is 1. The normalized spacial score (nSPS) is 20.8. The number of nitrogens with one attached hydrogen (secondary N) is 1. The average molecular weight is 252 g/mol. The zero-order valence-electron chi connectivity index (χ0n) is 11.4. The summed E-state index contributed by atoms with van der Waals surface area (Å²) < 4.78 is 1.59. The highest BCUT2D eigenvalue weighted by Gasteiger charge is 2.47. The van der Waals surface area contributed by atoms with Crippen LogP contribution in [0.1, 0.15) is 39.3 Å². The molecule has 1 aromatic heterocycles. The minimum atomic E-state index is -0.324. The Hall–Kier alpha value is -1.59. The number of rotatable bonds is 5. The fourth-order valence-corrected chi connectivity index (χ4v) is 2.21. The Morgan fingerprint density at radius 3 is 2.67 bits per heavy atom. The SMILES string of the molecule is CCCc1nn(C)c(NC2CC2(C)C)c1[N+](=O)[O-]. The third kappa shape index (κ3) is 2.19. The van der Waals surface area contributed by atoms with Gasteiger partial charge in [0.25, 0.3) is 0 Å². The summed E-state index contributed by atoms with van der Waals surface area (Å²) in [5.74, 6) is 0.541. The first kappa shape index (κ1) is 12.9. The second-order valence-electron chi connectivity index (χ2n) is 5.66. The monoisotopic (exact) mass is 252 g/mol. The first-order chi connectivity index (χ1) is 8.36. The third-order valence-corrected chi connectivity index (χ3v) is 3.59. The maximum absolute atomic E-state index is 11.2. The molecule has 1 unspecified atom stereocenters. The minimum absolute atomic E-state index is 0.141. The number of nitrogens with zero attached hydrogens (tertiary/aromatic N) is 3. The van der Waals surface area contributed by atoms with E-state index in [4.69, 9.17) is 0 Å². The van der Waals surface area contributed by atoms with Crippen LogP contribution in [0.4, 0.5) is 11.5 Å². The van der Waals surface area contributed by atoms with Crippen LogP contribution in [-0.4, -0.2) is 20.7 Å². The summed E-state index contributed by atoms with van der Waals surface area (Å²) in [4.78, 5) is 10.9. The third-order valence-electron chi connectivity index (χ3n) is 3.59. The first-order valence-corrected chi connectivity index (χ1v) is 6.33. The van der Waals surface area contributed by atoms with Crippen molar-refractivity contribution in [3.8, 4) is 0 Å². The Morgan fingerprint density at radius 1 is 1.61 bits per heavy atom. The van der Waals surface area contributed by atoms with Crippen molar-refractivity contribution < 1.29 is 4.92 Å². The molecule has 0 bridgehead atoms. The van der Waals surface area contributed by atoms with Crippen molar-refractivity contribution >= 4 is 11.5 Å². The molecule has 100 valence electrons. The van der Waals surface area contributed by atoms with E-state index in [0.717, 1.165) is 12.8 Å². The second-order valence-corrected chi connectivity index (χ2v) is 5.66. The first-order valence-electron chi connectivity index (χ1n) is 6.33. The zero-order chi connectivity index (χ0) is 13.5. The van der Waals surface area contributed by atoms with Crippen molar-refractivity contribution in [1.82, 2.24) is 9.78 Å². The highest BCUT2D eigenvalue weighted by molar-refractivity contribution is 5.61. The Balaban J connectivity index is 2.30. The molecular weight excluding hydrogens is 232 g/mol. The lowest BCUT2D eigenvalue weighted by atomic mass is 10.2. The Morgan fingerprint density at radius 2 is 2.22 bits per heavy atom. The molecule has 0 amide bonds. The van der Waals surface area contributed by atoms with Gasteiger partial charge in [-0.15, -0.1) is 0 Å². The lowest BCUT2D eigenvalue weighted by Crippen LogP contribution is -2.12. The molecule has 1 aliphatic rings. The van der Waals surface area contributed by atoms with E-state index >= 15 is 0 Å². The highest BCUT2D eigenvalue weighted by Crippen LogP contribution is 2.47. The van der Waals surface area contributed by atoms with Crippen LogP contribution in [-0.2, 0) is 13.5 Å². The molecule has 1 aromatic rings. The molecule has 1 heterocycles. The number of aromatic nitrogens is 2. The smallest absolute Gasteiger partial charge is 0.333 e. The number of hydrogen-bond donors (Lipinski definition) is 1. The van der Waals surface area contributed by atoms with Gasteiger partial charge in [-0.05, 0) is 18.3 Å². The van der Waals surface area contributed by atoms with Gasteiger partial charge < -0.3 is 5.32 Å². The highest BCUT2D eigenvalue weighted by atomic mass is 16.6. The maximum Gasteiger partial charge on any atom is 0.333 e. The van der Waals surface area contributed by atoms with Crippen molar-refractivity contribution in [3.05, 3.63) is 15.8 Å². The van der Waals surface area contributed by atoms with E-state index in [9.17, 15) is 10.1 Å². The van der Waals surface area contributed by atoms with Gasteiger partial charge >= 0.3 is 5.69 Å². The van der Waals surface area contributed by atoms with E-state index in [0.29, 0.717) is 24.0 Å². The number of aryl methyl sites for hydroxylation is 2. The molecule has 0 radical (unpaired) electrons. The molecule has 6 nitrogen and oxygen atoms in total. The van der Waals surface area contributed by atoms with Crippen molar-refractivity contribution in [2.24, 2.45) is 12.5 Å². The summed E-state index contributed by atoms with van der Waals surface area (Å²) in [6.45, 7) is 6.30. The molecule has 2 rings (SSSR count). The molecule has 0 saturated heterocycles. The van der Waals surface area contributed by atoms with Crippen molar-refractivity contribution in [1.29, 1.82) is 0 Å². The van der Waals surface area contributed by atoms with Gasteiger partial charge in [-0.2, -0.15) is 5.10 Å². The quantitative estimate of drug-likeness (QED) is 0.645. The Bertz CT molecular complexity index is 479. The van der Waals surface area contributed by atoms with E-state index in [1.165, 1.54) is 0 Å². The van der Waals surface area contributed by atoms with Crippen LogP contribution in [0.25, 0.3) is 0 Å². The molecule has 0 aromatic carbocycles. The summed E-state index contributed by atoms with van der Waals surface area (Å²) in [7, 11) is 1.75. The van der Waals surface area contributed by atoms with E-state index < -0.39 is 0 Å². The van der Waals surface area contributed by atoms with Gasteiger partial charge in [0.05, 0.1) is 4.92 Å². The fourth-order valence-electron chi connectivity index (χ4n) is 2.21. The molecule has 18 heavy (non-hydrogen) atoms. The van der Waals surface area contributed by atoms with Gasteiger partial charge in [-0.3, -0.25) is 10.1 Å². The summed E-state index contributed by atoms with van der Waals surface area (Å²) in [5, 5.41) is 18.7. The predicted octanol–water partition coefficient (Wildman–Crippen LogP) is 2.49. The maximum atomic E-state index is 11.2. The lowest BCUT2D eigenvalue weighted by molar-refractivity contribution is -0.384. The van der Waals surface area contributed by atoms with E-state index in [2.05, 4.69) is 24.3 Å². The minimum Gasteiger partial charge on any atom is -0.361 e. The van der Waals surface area contributed by atoms with Crippen LogP contribution in [0.15, 0.2) is 0 Å². The van der Waals surface area contributed by atoms with Crippen molar-refractivity contribution in [3.63, 3.8) is 0 Å². The Labute approximate surface area is 107 Å². The summed E-state index contributed by atoms with van der Waals surface area (Å²) in [6.07, 6.45) is 2.53. The molecule has 0 spiro atoms. The second kappa shape index (κ2) is 4.26. The van der Waals surface area contributed by atoms with Crippen LogP contribution in [0.3, 0.4) is 0 Å². The molecule has 0 aliphatic heterocycles. The van der Waals surface area contributed by atoms with Crippen molar-refractivity contribution in [2.45, 2.75) is 46.1 Å². The van der Waals surface area contributed by atoms with Gasteiger partial charge in [0, 0.05) is 13.1 Å². The van der Waals surface area contributed by atoms with Gasteiger partial charge in [0.1, 0.15) is 5.69 Å². The largest absolute Gasteiger partial charge is 0.361 e. The topological polar surface area (TPSA) is 73.0 Å².